The Bertz CT molecular complexity index is 934. The van der Waals surface area contributed by atoms with Gasteiger partial charge in [0.1, 0.15) is 5.75 Å². The summed E-state index contributed by atoms with van der Waals surface area (Å²) in [6.45, 7) is 2.53. The molecule has 8 heteroatoms. The van der Waals surface area contributed by atoms with Gasteiger partial charge in [0.2, 0.25) is 5.90 Å². The molecule has 0 atom stereocenters. The average molecular weight is 614 g/mol. The molecule has 0 unspecified atom stereocenters. The first kappa shape index (κ1) is 19.9. The van der Waals surface area contributed by atoms with Gasteiger partial charge in [0, 0.05) is 5.56 Å². The predicted molar refractivity (Wildman–Crippen MR) is 120 cm³/mol. The van der Waals surface area contributed by atoms with E-state index >= 15 is 0 Å². The molecule has 0 radical (unpaired) electrons. The highest BCUT2D eigenvalue weighted by Crippen LogP contribution is 2.31. The molecular formula is C18H11Cl2I2NO3. The highest BCUT2D eigenvalue weighted by Gasteiger charge is 2.24. The van der Waals surface area contributed by atoms with E-state index in [0.29, 0.717) is 22.2 Å². The zero-order chi connectivity index (χ0) is 18.8. The number of nitrogens with zero attached hydrogens (tertiary/aromatic N) is 1. The first-order valence-electron chi connectivity index (χ1n) is 7.49. The van der Waals surface area contributed by atoms with Crippen LogP contribution in [0.25, 0.3) is 6.08 Å². The molecule has 3 rings (SSSR count). The summed E-state index contributed by atoms with van der Waals surface area (Å²) in [5, 5.41) is 0.797. The number of carbonyl (C=O) groups excluding carboxylic acids is 1. The molecule has 2 aromatic carbocycles. The number of benzene rings is 2. The van der Waals surface area contributed by atoms with Crippen LogP contribution in [0.4, 0.5) is 0 Å². The molecular weight excluding hydrogens is 603 g/mol. The Hall–Kier alpha value is -0.840. The van der Waals surface area contributed by atoms with Crippen molar-refractivity contribution in [2.75, 3.05) is 6.61 Å². The maximum absolute atomic E-state index is 12.2. The van der Waals surface area contributed by atoms with Crippen molar-refractivity contribution in [3.63, 3.8) is 0 Å². The molecule has 0 aliphatic carbocycles. The summed E-state index contributed by atoms with van der Waals surface area (Å²) in [5.41, 5.74) is 1.65. The average Bonchev–Trinajstić information content (AvgIpc) is 2.94. The van der Waals surface area contributed by atoms with Gasteiger partial charge in [-0.2, -0.15) is 0 Å². The number of rotatable bonds is 4. The van der Waals surface area contributed by atoms with Crippen molar-refractivity contribution in [2.45, 2.75) is 6.92 Å². The maximum Gasteiger partial charge on any atom is 0.363 e. The van der Waals surface area contributed by atoms with Gasteiger partial charge in [0.15, 0.2) is 5.70 Å². The van der Waals surface area contributed by atoms with Crippen LogP contribution in [0.15, 0.2) is 41.0 Å². The Kier molecular flexibility index (Phi) is 6.47. The summed E-state index contributed by atoms with van der Waals surface area (Å²) >= 11 is 16.3. The summed E-state index contributed by atoms with van der Waals surface area (Å²) in [4.78, 5) is 16.5. The normalized spacial score (nSPS) is 15.2. The molecule has 0 bridgehead atoms. The van der Waals surface area contributed by atoms with Crippen LogP contribution in [0.2, 0.25) is 10.0 Å². The number of halogens is 4. The van der Waals surface area contributed by atoms with Crippen molar-refractivity contribution < 1.29 is 14.3 Å². The lowest BCUT2D eigenvalue weighted by atomic mass is 10.2. The molecule has 0 N–H and O–H groups in total. The van der Waals surface area contributed by atoms with Crippen LogP contribution in [0.3, 0.4) is 0 Å². The fourth-order valence-corrected chi connectivity index (χ4v) is 4.69. The van der Waals surface area contributed by atoms with Gasteiger partial charge in [-0.25, -0.2) is 9.79 Å². The van der Waals surface area contributed by atoms with Crippen LogP contribution >= 0.6 is 68.4 Å². The fourth-order valence-electron chi connectivity index (χ4n) is 2.26. The van der Waals surface area contributed by atoms with E-state index in [-0.39, 0.29) is 11.6 Å². The first-order valence-corrected chi connectivity index (χ1v) is 10.4. The molecule has 2 aromatic rings. The van der Waals surface area contributed by atoms with Crippen LogP contribution in [-0.2, 0) is 9.53 Å². The van der Waals surface area contributed by atoms with Crippen LogP contribution in [0.5, 0.6) is 5.75 Å². The van der Waals surface area contributed by atoms with E-state index in [2.05, 4.69) is 50.2 Å². The summed E-state index contributed by atoms with van der Waals surface area (Å²) in [6.07, 6.45) is 1.69. The fraction of sp³-hybridized carbons (Fsp3) is 0.111. The van der Waals surface area contributed by atoms with Crippen molar-refractivity contribution in [3.05, 3.63) is 64.3 Å². The molecule has 4 nitrogen and oxygen atoms in total. The van der Waals surface area contributed by atoms with Crippen molar-refractivity contribution >= 4 is 86.3 Å². The lowest BCUT2D eigenvalue weighted by Gasteiger charge is -2.09. The van der Waals surface area contributed by atoms with E-state index in [0.717, 1.165) is 18.5 Å². The molecule has 134 valence electrons. The molecule has 0 saturated carbocycles. The number of esters is 1. The zero-order valence-electron chi connectivity index (χ0n) is 13.4. The van der Waals surface area contributed by atoms with Crippen LogP contribution in [0, 0.1) is 7.14 Å². The first-order chi connectivity index (χ1) is 12.4. The Morgan fingerprint density at radius 3 is 2.46 bits per heavy atom. The largest absolute Gasteiger partial charge is 0.492 e. The summed E-state index contributed by atoms with van der Waals surface area (Å²) in [7, 11) is 0. The van der Waals surface area contributed by atoms with E-state index in [1.165, 1.54) is 0 Å². The van der Waals surface area contributed by atoms with Crippen molar-refractivity contribution in [2.24, 2.45) is 4.99 Å². The van der Waals surface area contributed by atoms with E-state index in [1.807, 2.05) is 19.1 Å². The Morgan fingerprint density at radius 2 is 1.85 bits per heavy atom. The van der Waals surface area contributed by atoms with Crippen LogP contribution < -0.4 is 4.74 Å². The van der Waals surface area contributed by atoms with Gasteiger partial charge in [-0.15, -0.1) is 0 Å². The topological polar surface area (TPSA) is 47.9 Å². The number of carbonyl (C=O) groups is 1. The summed E-state index contributed by atoms with van der Waals surface area (Å²) in [5.74, 6) is 0.532. The van der Waals surface area contributed by atoms with Gasteiger partial charge in [-0.05, 0) is 94.1 Å². The van der Waals surface area contributed by atoms with Crippen molar-refractivity contribution in [1.29, 1.82) is 0 Å². The van der Waals surface area contributed by atoms with E-state index < -0.39 is 5.97 Å². The van der Waals surface area contributed by atoms with Gasteiger partial charge >= 0.3 is 5.97 Å². The quantitative estimate of drug-likeness (QED) is 0.244. The minimum absolute atomic E-state index is 0.204. The molecule has 0 saturated heterocycles. The van der Waals surface area contributed by atoms with Crippen molar-refractivity contribution in [3.8, 4) is 5.75 Å². The second-order valence-corrected chi connectivity index (χ2v) is 8.35. The molecule has 26 heavy (non-hydrogen) atoms. The highest BCUT2D eigenvalue weighted by atomic mass is 127. The molecule has 1 aliphatic heterocycles. The second-order valence-electron chi connectivity index (χ2n) is 5.21. The second kappa shape index (κ2) is 8.45. The van der Waals surface area contributed by atoms with E-state index in [4.69, 9.17) is 32.7 Å². The van der Waals surface area contributed by atoms with Crippen molar-refractivity contribution in [1.82, 2.24) is 0 Å². The van der Waals surface area contributed by atoms with Gasteiger partial charge in [-0.1, -0.05) is 23.2 Å². The molecule has 1 aliphatic rings. The van der Waals surface area contributed by atoms with Gasteiger partial charge in [0.05, 0.1) is 23.8 Å². The maximum atomic E-state index is 12.2. The molecule has 0 fully saturated rings. The summed E-state index contributed by atoms with van der Waals surface area (Å²) in [6, 6.07) is 8.81. The summed E-state index contributed by atoms with van der Waals surface area (Å²) < 4.78 is 12.8. The Morgan fingerprint density at radius 1 is 1.15 bits per heavy atom. The van der Waals surface area contributed by atoms with Crippen LogP contribution in [-0.4, -0.2) is 18.5 Å². The highest BCUT2D eigenvalue weighted by molar-refractivity contribution is 14.1. The standard InChI is InChI=1S/C18H11Cl2I2NO3/c1-2-25-16-13(21)5-9(6-14(16)22)7-15-18(24)26-17(23-15)10-3-4-11(19)12(20)8-10/h3-8H,2H2,1H3/b15-7-. The van der Waals surface area contributed by atoms with Crippen LogP contribution in [0.1, 0.15) is 18.1 Å². The third-order valence-electron chi connectivity index (χ3n) is 3.40. The lowest BCUT2D eigenvalue weighted by molar-refractivity contribution is -0.129. The molecule has 1 heterocycles. The minimum atomic E-state index is -0.509. The monoisotopic (exact) mass is 613 g/mol. The smallest absolute Gasteiger partial charge is 0.363 e. The number of ether oxygens (including phenoxy) is 2. The lowest BCUT2D eigenvalue weighted by Crippen LogP contribution is -2.05. The minimum Gasteiger partial charge on any atom is -0.492 e. The Balaban J connectivity index is 1.95. The van der Waals surface area contributed by atoms with Gasteiger partial charge in [-0.3, -0.25) is 0 Å². The van der Waals surface area contributed by atoms with Gasteiger partial charge in [0.25, 0.3) is 0 Å². The molecule has 0 spiro atoms. The van der Waals surface area contributed by atoms with E-state index in [9.17, 15) is 4.79 Å². The number of hydrogen-bond acceptors (Lipinski definition) is 4. The zero-order valence-corrected chi connectivity index (χ0v) is 19.2. The molecule has 0 aromatic heterocycles. The molecule has 0 amide bonds. The third-order valence-corrected chi connectivity index (χ3v) is 5.74. The number of aliphatic imine (C=N–C) groups is 1. The predicted octanol–water partition coefficient (Wildman–Crippen LogP) is 5.95. The van der Waals surface area contributed by atoms with E-state index in [1.54, 1.807) is 24.3 Å². The number of hydrogen-bond donors (Lipinski definition) is 0. The Labute approximate surface area is 187 Å². The number of cyclic esters (lactones) is 1. The SMILES string of the molecule is CCOc1c(I)cc(/C=C2\N=C(c3ccc(Cl)c(Cl)c3)OC2=O)cc1I. The van der Waals surface area contributed by atoms with Gasteiger partial charge < -0.3 is 9.47 Å². The third kappa shape index (κ3) is 4.35.